The van der Waals surface area contributed by atoms with Gasteiger partial charge in [-0.15, -0.1) is 0 Å². The van der Waals surface area contributed by atoms with E-state index in [4.69, 9.17) is 4.74 Å². The van der Waals surface area contributed by atoms with Crippen molar-refractivity contribution in [2.45, 2.75) is 117 Å². The van der Waals surface area contributed by atoms with Crippen LogP contribution in [0.5, 0.6) is 0 Å². The number of hydrogen-bond donors (Lipinski definition) is 0. The molecule has 0 bridgehead atoms. The summed E-state index contributed by atoms with van der Waals surface area (Å²) in [5.74, 6) is 0.263. The number of ether oxygens (including phenoxy) is 1. The molecule has 0 fully saturated rings. The Morgan fingerprint density at radius 3 is 1.56 bits per heavy atom. The van der Waals surface area contributed by atoms with Crippen molar-refractivity contribution in [3.8, 4) is 0 Å². The molecule has 148 valence electrons. The monoisotopic (exact) mass is 352 g/mol. The highest BCUT2D eigenvalue weighted by atomic mass is 16.5. The molecule has 1 unspecified atom stereocenters. The zero-order chi connectivity index (χ0) is 18.6. The van der Waals surface area contributed by atoms with E-state index in [0.29, 0.717) is 12.5 Å². The Hall–Kier alpha value is -0.790. The average Bonchev–Trinajstić information content (AvgIpc) is 2.63. The molecule has 0 N–H and O–H groups in total. The molecule has 0 aromatic carbocycles. The molecule has 0 saturated heterocycles. The lowest BCUT2D eigenvalue weighted by Gasteiger charge is -2.16. The smallest absolute Gasteiger partial charge is 0.330 e. The van der Waals surface area contributed by atoms with Crippen molar-refractivity contribution in [2.24, 2.45) is 5.92 Å². The molecule has 2 heteroatoms. The molecule has 2 nitrogen and oxygen atoms in total. The van der Waals surface area contributed by atoms with Crippen LogP contribution in [0.1, 0.15) is 117 Å². The first-order valence-electron chi connectivity index (χ1n) is 11.0. The lowest BCUT2D eigenvalue weighted by molar-refractivity contribution is -0.139. The van der Waals surface area contributed by atoms with Crippen molar-refractivity contribution in [1.29, 1.82) is 0 Å². The SMILES string of the molecule is C=CC(=O)OCC(CCCCCCCC)CCCCCCCCCC. The van der Waals surface area contributed by atoms with Gasteiger partial charge in [-0.2, -0.15) is 0 Å². The molecule has 0 spiro atoms. The Balaban J connectivity index is 3.80. The molecule has 0 aliphatic carbocycles. The minimum absolute atomic E-state index is 0.274. The van der Waals surface area contributed by atoms with E-state index in [1.807, 2.05) is 0 Å². The van der Waals surface area contributed by atoms with Crippen LogP contribution in [0, 0.1) is 5.92 Å². The van der Waals surface area contributed by atoms with Gasteiger partial charge < -0.3 is 4.74 Å². The normalized spacial score (nSPS) is 12.1. The van der Waals surface area contributed by atoms with Gasteiger partial charge in [-0.25, -0.2) is 4.79 Å². The van der Waals surface area contributed by atoms with Gasteiger partial charge in [0, 0.05) is 6.08 Å². The highest BCUT2D eigenvalue weighted by Gasteiger charge is 2.11. The first-order chi connectivity index (χ1) is 12.2. The largest absolute Gasteiger partial charge is 0.462 e. The van der Waals surface area contributed by atoms with E-state index in [1.54, 1.807) is 0 Å². The molecular weight excluding hydrogens is 308 g/mol. The van der Waals surface area contributed by atoms with Gasteiger partial charge in [0.1, 0.15) is 0 Å². The first kappa shape index (κ1) is 24.2. The Morgan fingerprint density at radius 2 is 1.16 bits per heavy atom. The molecule has 25 heavy (non-hydrogen) atoms. The van der Waals surface area contributed by atoms with E-state index in [2.05, 4.69) is 20.4 Å². The van der Waals surface area contributed by atoms with Gasteiger partial charge >= 0.3 is 5.97 Å². The summed E-state index contributed by atoms with van der Waals surface area (Å²) >= 11 is 0. The van der Waals surface area contributed by atoms with Gasteiger partial charge in [-0.05, 0) is 18.8 Å². The first-order valence-corrected chi connectivity index (χ1v) is 11.0. The molecule has 0 radical (unpaired) electrons. The topological polar surface area (TPSA) is 26.3 Å². The van der Waals surface area contributed by atoms with Crippen LogP contribution in [0.4, 0.5) is 0 Å². The second-order valence-electron chi connectivity index (χ2n) is 7.52. The zero-order valence-electron chi connectivity index (χ0n) is 17.2. The van der Waals surface area contributed by atoms with Crippen LogP contribution in [0.25, 0.3) is 0 Å². The molecule has 0 aromatic heterocycles. The number of rotatable bonds is 19. The third kappa shape index (κ3) is 17.8. The van der Waals surface area contributed by atoms with Crippen LogP contribution in [-0.2, 0) is 9.53 Å². The fourth-order valence-electron chi connectivity index (χ4n) is 3.35. The maximum Gasteiger partial charge on any atom is 0.330 e. The van der Waals surface area contributed by atoms with Gasteiger partial charge in [0.2, 0.25) is 0 Å². The highest BCUT2D eigenvalue weighted by molar-refractivity contribution is 5.81. The fourth-order valence-corrected chi connectivity index (χ4v) is 3.35. The van der Waals surface area contributed by atoms with Gasteiger partial charge in [-0.3, -0.25) is 0 Å². The minimum Gasteiger partial charge on any atom is -0.462 e. The summed E-state index contributed by atoms with van der Waals surface area (Å²) in [5.41, 5.74) is 0. The Kier molecular flexibility index (Phi) is 18.9. The van der Waals surface area contributed by atoms with Gasteiger partial charge in [-0.1, -0.05) is 110 Å². The number of hydrogen-bond acceptors (Lipinski definition) is 2. The Labute approximate surface area is 157 Å². The van der Waals surface area contributed by atoms with Crippen LogP contribution >= 0.6 is 0 Å². The zero-order valence-corrected chi connectivity index (χ0v) is 17.2. The van der Waals surface area contributed by atoms with Crippen LogP contribution in [0.3, 0.4) is 0 Å². The van der Waals surface area contributed by atoms with Crippen LogP contribution < -0.4 is 0 Å². The van der Waals surface area contributed by atoms with Crippen LogP contribution in [-0.4, -0.2) is 12.6 Å². The predicted molar refractivity (Wildman–Crippen MR) is 110 cm³/mol. The van der Waals surface area contributed by atoms with E-state index in [0.717, 1.165) is 0 Å². The fraction of sp³-hybridized carbons (Fsp3) is 0.870. The molecule has 0 aliphatic heterocycles. The highest BCUT2D eigenvalue weighted by Crippen LogP contribution is 2.20. The molecule has 0 rings (SSSR count). The molecule has 0 aromatic rings. The van der Waals surface area contributed by atoms with Crippen molar-refractivity contribution in [1.82, 2.24) is 0 Å². The summed E-state index contributed by atoms with van der Waals surface area (Å²) in [6.45, 7) is 8.59. The van der Waals surface area contributed by atoms with E-state index >= 15 is 0 Å². The quantitative estimate of drug-likeness (QED) is 0.136. The standard InChI is InChI=1S/C23H44O2/c1-4-7-9-11-13-14-16-18-20-22(21-25-23(24)6-3)19-17-15-12-10-8-5-2/h6,22H,3-5,7-21H2,1-2H3. The van der Waals surface area contributed by atoms with Crippen LogP contribution in [0.15, 0.2) is 12.7 Å². The van der Waals surface area contributed by atoms with Gasteiger partial charge in [0.05, 0.1) is 6.61 Å². The summed E-state index contributed by atoms with van der Waals surface area (Å²) in [4.78, 5) is 11.3. The third-order valence-corrected chi connectivity index (χ3v) is 5.06. The van der Waals surface area contributed by atoms with Gasteiger partial charge in [0.15, 0.2) is 0 Å². The lowest BCUT2D eigenvalue weighted by Crippen LogP contribution is -2.13. The number of carbonyl (C=O) groups is 1. The molecule has 0 amide bonds. The van der Waals surface area contributed by atoms with E-state index in [1.165, 1.54) is 109 Å². The van der Waals surface area contributed by atoms with Gasteiger partial charge in [0.25, 0.3) is 0 Å². The third-order valence-electron chi connectivity index (χ3n) is 5.06. The Bertz CT molecular complexity index is 298. The average molecular weight is 353 g/mol. The second-order valence-corrected chi connectivity index (χ2v) is 7.52. The maximum absolute atomic E-state index is 11.3. The van der Waals surface area contributed by atoms with Crippen molar-refractivity contribution < 1.29 is 9.53 Å². The minimum atomic E-state index is -0.274. The molecule has 1 atom stereocenters. The number of esters is 1. The Morgan fingerprint density at radius 1 is 0.760 bits per heavy atom. The maximum atomic E-state index is 11.3. The summed E-state index contributed by atoms with van der Waals surface area (Å²) in [7, 11) is 0. The molecule has 0 aliphatic rings. The molecule has 0 heterocycles. The van der Waals surface area contributed by atoms with Crippen molar-refractivity contribution in [3.05, 3.63) is 12.7 Å². The number of carbonyl (C=O) groups excluding carboxylic acids is 1. The summed E-state index contributed by atoms with van der Waals surface area (Å²) in [6.07, 6.45) is 22.5. The van der Waals surface area contributed by atoms with Crippen molar-refractivity contribution in [2.75, 3.05) is 6.61 Å². The lowest BCUT2D eigenvalue weighted by atomic mass is 9.94. The summed E-state index contributed by atoms with van der Waals surface area (Å²) < 4.78 is 5.31. The summed E-state index contributed by atoms with van der Waals surface area (Å²) in [6, 6.07) is 0. The number of unbranched alkanes of at least 4 members (excludes halogenated alkanes) is 12. The van der Waals surface area contributed by atoms with Crippen molar-refractivity contribution in [3.63, 3.8) is 0 Å². The van der Waals surface area contributed by atoms with E-state index < -0.39 is 0 Å². The van der Waals surface area contributed by atoms with E-state index in [9.17, 15) is 4.79 Å². The molecule has 0 saturated carbocycles. The van der Waals surface area contributed by atoms with Crippen LogP contribution in [0.2, 0.25) is 0 Å². The second kappa shape index (κ2) is 19.5. The summed E-state index contributed by atoms with van der Waals surface area (Å²) in [5, 5.41) is 0. The van der Waals surface area contributed by atoms with Crippen molar-refractivity contribution >= 4 is 5.97 Å². The predicted octanol–water partition coefficient (Wildman–Crippen LogP) is 7.61. The van der Waals surface area contributed by atoms with E-state index in [-0.39, 0.29) is 5.97 Å². The molecular formula is C23H44O2.